The van der Waals surface area contributed by atoms with E-state index in [0.29, 0.717) is 35.3 Å². The van der Waals surface area contributed by atoms with E-state index in [1.54, 1.807) is 62.0 Å². The highest BCUT2D eigenvalue weighted by atomic mass is 16.6. The molecule has 0 saturated heterocycles. The lowest BCUT2D eigenvalue weighted by Crippen LogP contribution is -2.37. The number of amides is 1. The number of benzene rings is 2. The number of nitro groups is 1. The van der Waals surface area contributed by atoms with Crippen LogP contribution in [0.5, 0.6) is 0 Å². The van der Waals surface area contributed by atoms with Crippen molar-refractivity contribution in [2.75, 3.05) is 20.8 Å². The van der Waals surface area contributed by atoms with Crippen LogP contribution >= 0.6 is 0 Å². The second kappa shape index (κ2) is 9.69. The second-order valence-electron chi connectivity index (χ2n) is 7.54. The summed E-state index contributed by atoms with van der Waals surface area (Å²) in [5, 5.41) is 11.8. The molecule has 0 aliphatic rings. The topological polar surface area (TPSA) is 108 Å². The number of fused-ring (bicyclic) bond motifs is 1. The molecule has 0 radical (unpaired) electrons. The average molecular weight is 438 g/mol. The van der Waals surface area contributed by atoms with Gasteiger partial charge in [-0.3, -0.25) is 24.3 Å². The number of nitro benzene ring substituents is 1. The Kier molecular flexibility index (Phi) is 6.99. The molecule has 3 aromatic rings. The molecule has 1 unspecified atom stereocenters. The fraction of sp³-hybridized carbons (Fsp3) is 0.348. The van der Waals surface area contributed by atoms with Crippen molar-refractivity contribution in [3.8, 4) is 0 Å². The molecule has 168 valence electrons. The number of methoxy groups -OCH3 is 1. The van der Waals surface area contributed by atoms with Crippen molar-refractivity contribution < 1.29 is 14.5 Å². The minimum atomic E-state index is -0.517. The average Bonchev–Trinajstić information content (AvgIpc) is 2.79. The SMILES string of the molecule is CCC(c1nc2ccccc2c(=O)n1CCOC)N(C)C(=O)c1ccc(C)c([N+](=O)[O-])c1. The molecule has 9 heteroatoms. The van der Waals surface area contributed by atoms with Gasteiger partial charge in [0.05, 0.1) is 35.0 Å². The second-order valence-corrected chi connectivity index (χ2v) is 7.54. The van der Waals surface area contributed by atoms with Gasteiger partial charge >= 0.3 is 0 Å². The van der Waals surface area contributed by atoms with Crippen LogP contribution in [-0.4, -0.2) is 46.0 Å². The summed E-state index contributed by atoms with van der Waals surface area (Å²) in [6.07, 6.45) is 0.494. The first-order valence-electron chi connectivity index (χ1n) is 10.3. The molecule has 1 amide bonds. The number of hydrogen-bond donors (Lipinski definition) is 0. The van der Waals surface area contributed by atoms with Crippen molar-refractivity contribution >= 4 is 22.5 Å². The zero-order valence-electron chi connectivity index (χ0n) is 18.6. The van der Waals surface area contributed by atoms with Crippen LogP contribution in [0.4, 0.5) is 5.69 Å². The maximum atomic E-state index is 13.2. The Hall–Kier alpha value is -3.59. The smallest absolute Gasteiger partial charge is 0.273 e. The summed E-state index contributed by atoms with van der Waals surface area (Å²) in [6, 6.07) is 11.0. The molecule has 0 bridgehead atoms. The van der Waals surface area contributed by atoms with Gasteiger partial charge in [0.1, 0.15) is 5.82 Å². The van der Waals surface area contributed by atoms with E-state index >= 15 is 0 Å². The van der Waals surface area contributed by atoms with Crippen LogP contribution in [0.1, 0.15) is 41.1 Å². The molecular formula is C23H26N4O5. The molecule has 0 fully saturated rings. The molecular weight excluding hydrogens is 412 g/mol. The van der Waals surface area contributed by atoms with Gasteiger partial charge in [0, 0.05) is 31.4 Å². The van der Waals surface area contributed by atoms with E-state index in [1.165, 1.54) is 11.0 Å². The van der Waals surface area contributed by atoms with Gasteiger partial charge in [-0.1, -0.05) is 25.1 Å². The van der Waals surface area contributed by atoms with Crippen molar-refractivity contribution in [3.63, 3.8) is 0 Å². The van der Waals surface area contributed by atoms with E-state index in [1.807, 2.05) is 6.92 Å². The third kappa shape index (κ3) is 4.38. The molecule has 0 aliphatic carbocycles. The third-order valence-corrected chi connectivity index (χ3v) is 5.54. The van der Waals surface area contributed by atoms with Crippen LogP contribution in [0, 0.1) is 17.0 Å². The Morgan fingerprint density at radius 3 is 2.66 bits per heavy atom. The van der Waals surface area contributed by atoms with Crippen LogP contribution in [0.25, 0.3) is 10.9 Å². The summed E-state index contributed by atoms with van der Waals surface area (Å²) < 4.78 is 6.72. The molecule has 1 atom stereocenters. The third-order valence-electron chi connectivity index (χ3n) is 5.54. The molecule has 2 aromatic carbocycles. The summed E-state index contributed by atoms with van der Waals surface area (Å²) >= 11 is 0. The maximum absolute atomic E-state index is 13.2. The van der Waals surface area contributed by atoms with Crippen LogP contribution in [0.2, 0.25) is 0 Å². The van der Waals surface area contributed by atoms with E-state index in [-0.39, 0.29) is 29.3 Å². The van der Waals surface area contributed by atoms with Crippen molar-refractivity contribution in [1.82, 2.24) is 14.5 Å². The van der Waals surface area contributed by atoms with Crippen LogP contribution in [-0.2, 0) is 11.3 Å². The maximum Gasteiger partial charge on any atom is 0.273 e. The molecule has 1 heterocycles. The van der Waals surface area contributed by atoms with Crippen LogP contribution in [0.3, 0.4) is 0 Å². The number of carbonyl (C=O) groups excluding carboxylic acids is 1. The number of rotatable bonds is 8. The first-order valence-corrected chi connectivity index (χ1v) is 10.3. The molecule has 3 rings (SSSR count). The fourth-order valence-electron chi connectivity index (χ4n) is 3.75. The van der Waals surface area contributed by atoms with E-state index in [2.05, 4.69) is 0 Å². The quantitative estimate of drug-likeness (QED) is 0.394. The van der Waals surface area contributed by atoms with E-state index in [9.17, 15) is 19.7 Å². The fourth-order valence-corrected chi connectivity index (χ4v) is 3.75. The number of aromatic nitrogens is 2. The van der Waals surface area contributed by atoms with Gasteiger partial charge in [-0.15, -0.1) is 0 Å². The summed E-state index contributed by atoms with van der Waals surface area (Å²) in [6.45, 7) is 4.12. The van der Waals surface area contributed by atoms with E-state index in [4.69, 9.17) is 9.72 Å². The molecule has 0 saturated carbocycles. The highest BCUT2D eigenvalue weighted by Crippen LogP contribution is 2.26. The van der Waals surface area contributed by atoms with Gasteiger partial charge in [-0.2, -0.15) is 0 Å². The molecule has 1 aromatic heterocycles. The van der Waals surface area contributed by atoms with Gasteiger partial charge in [0.2, 0.25) is 0 Å². The Morgan fingerprint density at radius 1 is 1.28 bits per heavy atom. The Bertz CT molecular complexity index is 1220. The number of carbonyl (C=O) groups is 1. The van der Waals surface area contributed by atoms with Gasteiger partial charge in [0.15, 0.2) is 0 Å². The lowest BCUT2D eigenvalue weighted by molar-refractivity contribution is -0.385. The monoisotopic (exact) mass is 438 g/mol. The Labute approximate surface area is 185 Å². The molecule has 32 heavy (non-hydrogen) atoms. The molecule has 0 aliphatic heterocycles. The summed E-state index contributed by atoms with van der Waals surface area (Å²) in [4.78, 5) is 43.4. The van der Waals surface area contributed by atoms with E-state index in [0.717, 1.165) is 0 Å². The van der Waals surface area contributed by atoms with Gasteiger partial charge in [-0.05, 0) is 31.5 Å². The summed E-state index contributed by atoms with van der Waals surface area (Å²) in [7, 11) is 3.17. The van der Waals surface area contributed by atoms with Gasteiger partial charge < -0.3 is 9.64 Å². The zero-order chi connectivity index (χ0) is 23.4. The first-order chi connectivity index (χ1) is 15.3. The minimum absolute atomic E-state index is 0.113. The molecule has 0 N–H and O–H groups in total. The van der Waals surface area contributed by atoms with Crippen molar-refractivity contribution in [2.45, 2.75) is 32.9 Å². The van der Waals surface area contributed by atoms with Crippen molar-refractivity contribution in [2.24, 2.45) is 0 Å². The van der Waals surface area contributed by atoms with Gasteiger partial charge in [0.25, 0.3) is 17.2 Å². The van der Waals surface area contributed by atoms with Gasteiger partial charge in [-0.25, -0.2) is 4.98 Å². The standard InChI is InChI=1S/C23H26N4O5/c1-5-19(25(3)22(28)16-11-10-15(2)20(14-16)27(30)31)21-24-18-9-7-6-8-17(18)23(29)26(21)12-13-32-4/h6-11,14,19H,5,12-13H2,1-4H3. The predicted molar refractivity (Wildman–Crippen MR) is 121 cm³/mol. The highest BCUT2D eigenvalue weighted by Gasteiger charge is 2.27. The minimum Gasteiger partial charge on any atom is -0.383 e. The number of aryl methyl sites for hydroxylation is 1. The predicted octanol–water partition coefficient (Wildman–Crippen LogP) is 3.48. The number of para-hydroxylation sites is 1. The largest absolute Gasteiger partial charge is 0.383 e. The summed E-state index contributed by atoms with van der Waals surface area (Å²) in [5.41, 5.74) is 0.915. The molecule has 9 nitrogen and oxygen atoms in total. The number of ether oxygens (including phenoxy) is 1. The number of hydrogen-bond acceptors (Lipinski definition) is 6. The van der Waals surface area contributed by atoms with Crippen molar-refractivity contribution in [1.29, 1.82) is 0 Å². The lowest BCUT2D eigenvalue weighted by atomic mass is 10.1. The Balaban J connectivity index is 2.09. The molecule has 0 spiro atoms. The number of nitrogens with zero attached hydrogens (tertiary/aromatic N) is 4. The van der Waals surface area contributed by atoms with Crippen LogP contribution < -0.4 is 5.56 Å². The first kappa shape index (κ1) is 23.1. The normalized spacial score (nSPS) is 12.0. The Morgan fingerprint density at radius 2 is 2.00 bits per heavy atom. The zero-order valence-corrected chi connectivity index (χ0v) is 18.6. The van der Waals surface area contributed by atoms with E-state index < -0.39 is 11.0 Å². The summed E-state index contributed by atoms with van der Waals surface area (Å²) in [5.74, 6) is 0.0614. The van der Waals surface area contributed by atoms with Crippen LogP contribution in [0.15, 0.2) is 47.3 Å². The van der Waals surface area contributed by atoms with Crippen molar-refractivity contribution in [3.05, 3.63) is 79.9 Å². The highest BCUT2D eigenvalue weighted by molar-refractivity contribution is 5.95. The lowest BCUT2D eigenvalue weighted by Gasteiger charge is -2.29.